The summed E-state index contributed by atoms with van der Waals surface area (Å²) in [6.45, 7) is 1.37. The number of rotatable bonds is 4. The quantitative estimate of drug-likeness (QED) is 0.826. The van der Waals surface area contributed by atoms with E-state index in [0.717, 1.165) is 24.2 Å². The first-order chi connectivity index (χ1) is 7.83. The number of anilines is 1. The van der Waals surface area contributed by atoms with Crippen LogP contribution in [0.5, 0.6) is 0 Å². The second kappa shape index (κ2) is 5.09. The Morgan fingerprint density at radius 2 is 2.25 bits per heavy atom. The van der Waals surface area contributed by atoms with Crippen molar-refractivity contribution in [3.63, 3.8) is 0 Å². The summed E-state index contributed by atoms with van der Waals surface area (Å²) in [5.41, 5.74) is 2.01. The van der Waals surface area contributed by atoms with Crippen molar-refractivity contribution in [3.8, 4) is 0 Å². The molecule has 1 N–H and O–H groups in total. The predicted molar refractivity (Wildman–Crippen MR) is 62.1 cm³/mol. The van der Waals surface area contributed by atoms with Crippen molar-refractivity contribution in [3.05, 3.63) is 29.8 Å². The molecule has 4 nitrogen and oxygen atoms in total. The first-order valence-electron chi connectivity index (χ1n) is 5.51. The summed E-state index contributed by atoms with van der Waals surface area (Å²) in [5.74, 6) is 0.0388. The number of hydrogen-bond donors (Lipinski definition) is 1. The van der Waals surface area contributed by atoms with E-state index < -0.39 is 0 Å². The summed E-state index contributed by atoms with van der Waals surface area (Å²) in [6.07, 6.45) is 1.36. The van der Waals surface area contributed by atoms with Gasteiger partial charge >= 0.3 is 0 Å². The lowest BCUT2D eigenvalue weighted by molar-refractivity contribution is -0.119. The van der Waals surface area contributed by atoms with E-state index >= 15 is 0 Å². The van der Waals surface area contributed by atoms with Crippen LogP contribution in [0.15, 0.2) is 24.3 Å². The maximum Gasteiger partial charge on any atom is 0.253 e. The van der Waals surface area contributed by atoms with Gasteiger partial charge in [-0.2, -0.15) is 5.06 Å². The third kappa shape index (κ3) is 2.23. The molecular formula is C12H16N2O2. The number of amides is 1. The van der Waals surface area contributed by atoms with E-state index in [2.05, 4.69) is 5.32 Å². The van der Waals surface area contributed by atoms with E-state index in [4.69, 9.17) is 4.84 Å². The number of nitrogens with one attached hydrogen (secondary N) is 1. The maximum absolute atomic E-state index is 11.6. The fraction of sp³-hybridized carbons (Fsp3) is 0.417. The highest BCUT2D eigenvalue weighted by atomic mass is 16.7. The Balaban J connectivity index is 2.21. The Morgan fingerprint density at radius 3 is 2.94 bits per heavy atom. The summed E-state index contributed by atoms with van der Waals surface area (Å²) in [7, 11) is 1.92. The van der Waals surface area contributed by atoms with Gasteiger partial charge in [0.25, 0.3) is 5.91 Å². The van der Waals surface area contributed by atoms with Gasteiger partial charge in [-0.1, -0.05) is 18.2 Å². The Morgan fingerprint density at radius 1 is 1.44 bits per heavy atom. The van der Waals surface area contributed by atoms with E-state index in [0.29, 0.717) is 13.0 Å². The average molecular weight is 220 g/mol. The van der Waals surface area contributed by atoms with Gasteiger partial charge in [-0.15, -0.1) is 0 Å². The molecule has 0 aliphatic carbocycles. The van der Waals surface area contributed by atoms with Gasteiger partial charge in [0, 0.05) is 0 Å². The van der Waals surface area contributed by atoms with E-state index in [-0.39, 0.29) is 5.91 Å². The largest absolute Gasteiger partial charge is 0.319 e. The lowest BCUT2D eigenvalue weighted by Gasteiger charge is -2.17. The molecule has 0 atom stereocenters. The van der Waals surface area contributed by atoms with Crippen molar-refractivity contribution in [2.45, 2.75) is 12.8 Å². The van der Waals surface area contributed by atoms with E-state index in [1.165, 1.54) is 5.06 Å². The molecule has 4 heteroatoms. The zero-order valence-electron chi connectivity index (χ0n) is 9.40. The maximum atomic E-state index is 11.6. The smallest absolute Gasteiger partial charge is 0.253 e. The number of nitrogens with zero attached hydrogens (tertiary/aromatic N) is 1. The molecule has 0 aromatic heterocycles. The molecule has 0 spiro atoms. The Labute approximate surface area is 95.2 Å². The van der Waals surface area contributed by atoms with Crippen molar-refractivity contribution >= 4 is 11.6 Å². The molecule has 1 fully saturated rings. The molecule has 1 amide bonds. The van der Waals surface area contributed by atoms with Crippen LogP contribution in [-0.4, -0.2) is 26.1 Å². The highest BCUT2D eigenvalue weighted by molar-refractivity contribution is 5.93. The molecule has 86 valence electrons. The number of para-hydroxylation sites is 1. The molecule has 0 bridgehead atoms. The first-order valence-corrected chi connectivity index (χ1v) is 5.51. The monoisotopic (exact) mass is 220 g/mol. The number of carbonyl (C=O) groups excluding carboxylic acids is 1. The number of hydrogen-bond acceptors (Lipinski definition) is 3. The van der Waals surface area contributed by atoms with Crippen LogP contribution >= 0.6 is 0 Å². The Kier molecular flexibility index (Phi) is 3.54. The minimum atomic E-state index is 0.0388. The summed E-state index contributed by atoms with van der Waals surface area (Å²) in [4.78, 5) is 16.9. The second-order valence-electron chi connectivity index (χ2n) is 3.75. The van der Waals surface area contributed by atoms with Gasteiger partial charge < -0.3 is 5.32 Å². The van der Waals surface area contributed by atoms with Crippen molar-refractivity contribution in [2.75, 3.05) is 25.3 Å². The van der Waals surface area contributed by atoms with Gasteiger partial charge in [0.1, 0.15) is 0 Å². The molecule has 1 aliphatic rings. The molecule has 1 aliphatic heterocycles. The topological polar surface area (TPSA) is 41.6 Å². The molecule has 1 aromatic rings. The van der Waals surface area contributed by atoms with Gasteiger partial charge in [0.15, 0.2) is 0 Å². The Hall–Kier alpha value is -1.39. The molecular weight excluding hydrogens is 204 g/mol. The molecule has 2 rings (SSSR count). The highest BCUT2D eigenvalue weighted by Gasteiger charge is 2.24. The molecule has 16 heavy (non-hydrogen) atoms. The lowest BCUT2D eigenvalue weighted by Crippen LogP contribution is -2.24. The van der Waals surface area contributed by atoms with Crippen LogP contribution < -0.4 is 10.4 Å². The van der Waals surface area contributed by atoms with Crippen LogP contribution in [0.4, 0.5) is 5.69 Å². The fourth-order valence-corrected chi connectivity index (χ4v) is 1.78. The predicted octanol–water partition coefficient (Wildman–Crippen LogP) is 1.12. The SMILES string of the molecule is CNCCc1ccccc1N1OCCC1=O. The van der Waals surface area contributed by atoms with Crippen molar-refractivity contribution in [1.82, 2.24) is 5.32 Å². The van der Waals surface area contributed by atoms with E-state index in [9.17, 15) is 4.79 Å². The van der Waals surface area contributed by atoms with Crippen LogP contribution in [0.2, 0.25) is 0 Å². The van der Waals surface area contributed by atoms with Gasteiger partial charge in [0.05, 0.1) is 18.7 Å². The van der Waals surface area contributed by atoms with Gasteiger partial charge in [0.2, 0.25) is 0 Å². The van der Waals surface area contributed by atoms with Gasteiger partial charge in [-0.25, -0.2) is 0 Å². The highest BCUT2D eigenvalue weighted by Crippen LogP contribution is 2.24. The minimum Gasteiger partial charge on any atom is -0.319 e. The van der Waals surface area contributed by atoms with Crippen LogP contribution in [0.3, 0.4) is 0 Å². The summed E-state index contributed by atoms with van der Waals surface area (Å²) >= 11 is 0. The zero-order valence-corrected chi connectivity index (χ0v) is 9.40. The molecule has 0 saturated carbocycles. The van der Waals surface area contributed by atoms with Crippen molar-refractivity contribution in [2.24, 2.45) is 0 Å². The van der Waals surface area contributed by atoms with E-state index in [1.807, 2.05) is 31.3 Å². The Bertz CT molecular complexity index is 379. The van der Waals surface area contributed by atoms with Crippen LogP contribution in [0.1, 0.15) is 12.0 Å². The fourth-order valence-electron chi connectivity index (χ4n) is 1.78. The van der Waals surface area contributed by atoms with Crippen molar-refractivity contribution in [1.29, 1.82) is 0 Å². The van der Waals surface area contributed by atoms with Crippen molar-refractivity contribution < 1.29 is 9.63 Å². The summed E-state index contributed by atoms with van der Waals surface area (Å²) < 4.78 is 0. The number of likely N-dealkylation sites (N-methyl/N-ethyl adjacent to an activating group) is 1. The number of hydroxylamine groups is 1. The average Bonchev–Trinajstić information content (AvgIpc) is 2.73. The third-order valence-electron chi connectivity index (χ3n) is 2.62. The number of benzene rings is 1. The van der Waals surface area contributed by atoms with E-state index in [1.54, 1.807) is 0 Å². The first kappa shape index (κ1) is 11.1. The normalized spacial score (nSPS) is 15.8. The zero-order chi connectivity index (χ0) is 11.4. The van der Waals surface area contributed by atoms with Gasteiger partial charge in [-0.3, -0.25) is 9.63 Å². The van der Waals surface area contributed by atoms with Crippen LogP contribution in [-0.2, 0) is 16.1 Å². The third-order valence-corrected chi connectivity index (χ3v) is 2.62. The minimum absolute atomic E-state index is 0.0388. The lowest BCUT2D eigenvalue weighted by atomic mass is 10.1. The summed E-state index contributed by atoms with van der Waals surface area (Å²) in [5, 5.41) is 4.52. The second-order valence-corrected chi connectivity index (χ2v) is 3.75. The number of carbonyl (C=O) groups is 1. The summed E-state index contributed by atoms with van der Waals surface area (Å²) in [6, 6.07) is 7.86. The molecule has 1 saturated heterocycles. The molecule has 1 aromatic carbocycles. The molecule has 1 heterocycles. The molecule has 0 radical (unpaired) electrons. The van der Waals surface area contributed by atoms with Crippen LogP contribution in [0.25, 0.3) is 0 Å². The van der Waals surface area contributed by atoms with Gasteiger partial charge in [-0.05, 0) is 31.6 Å². The standard InChI is InChI=1S/C12H16N2O2/c1-13-8-6-10-4-2-3-5-11(10)14-12(15)7-9-16-14/h2-5,13H,6-9H2,1H3. The molecule has 0 unspecified atom stereocenters. The van der Waals surface area contributed by atoms with Crippen LogP contribution in [0, 0.1) is 0 Å².